The predicted molar refractivity (Wildman–Crippen MR) is 117 cm³/mol. The number of aryl methyl sites for hydroxylation is 2. The summed E-state index contributed by atoms with van der Waals surface area (Å²) in [6, 6.07) is 11.7. The van der Waals surface area contributed by atoms with E-state index in [4.69, 9.17) is 4.74 Å². The van der Waals surface area contributed by atoms with E-state index in [0.717, 1.165) is 28.7 Å². The van der Waals surface area contributed by atoms with Gasteiger partial charge in [-0.1, -0.05) is 18.2 Å². The van der Waals surface area contributed by atoms with Gasteiger partial charge in [-0.2, -0.15) is 0 Å². The van der Waals surface area contributed by atoms with Crippen molar-refractivity contribution in [3.05, 3.63) is 59.2 Å². The number of hydrogen-bond acceptors (Lipinski definition) is 4. The van der Waals surface area contributed by atoms with Gasteiger partial charge in [-0.15, -0.1) is 0 Å². The Morgan fingerprint density at radius 3 is 2.21 bits per heavy atom. The largest absolute Gasteiger partial charge is 0.494 e. The van der Waals surface area contributed by atoms with Crippen LogP contribution >= 0.6 is 0 Å². The van der Waals surface area contributed by atoms with Crippen molar-refractivity contribution in [1.82, 2.24) is 5.32 Å². The van der Waals surface area contributed by atoms with Crippen LogP contribution in [0.5, 0.6) is 5.75 Å². The second-order valence-corrected chi connectivity index (χ2v) is 9.10. The number of hydrogen-bond donors (Lipinski definition) is 1. The van der Waals surface area contributed by atoms with Gasteiger partial charge < -0.3 is 10.1 Å². The number of ether oxygens (including phenoxy) is 1. The third-order valence-corrected chi connectivity index (χ3v) is 6.12. The van der Waals surface area contributed by atoms with Gasteiger partial charge in [0, 0.05) is 0 Å². The number of nitrogens with one attached hydrogen (secondary N) is 1. The van der Waals surface area contributed by atoms with E-state index < -0.39 is 16.1 Å². The Balaban J connectivity index is 2.21. The van der Waals surface area contributed by atoms with Gasteiger partial charge >= 0.3 is 0 Å². The molecule has 158 valence electrons. The third-order valence-electron chi connectivity index (χ3n) is 4.88. The fourth-order valence-corrected chi connectivity index (χ4v) is 4.27. The molecular weight excluding hydrogens is 388 g/mol. The summed E-state index contributed by atoms with van der Waals surface area (Å²) < 4.78 is 31.5. The van der Waals surface area contributed by atoms with E-state index in [1.807, 2.05) is 58.0 Å². The van der Waals surface area contributed by atoms with E-state index in [9.17, 15) is 13.2 Å². The highest BCUT2D eigenvalue weighted by molar-refractivity contribution is 7.92. The lowest BCUT2D eigenvalue weighted by Gasteiger charge is -2.29. The summed E-state index contributed by atoms with van der Waals surface area (Å²) in [4.78, 5) is 12.9. The molecule has 0 aliphatic rings. The fraction of sp³-hybridized carbons (Fsp3) is 0.409. The van der Waals surface area contributed by atoms with E-state index in [-0.39, 0.29) is 11.9 Å². The Labute approximate surface area is 173 Å². The normalized spacial score (nSPS) is 13.4. The molecule has 2 atom stereocenters. The first kappa shape index (κ1) is 22.7. The van der Waals surface area contributed by atoms with Crippen molar-refractivity contribution in [1.29, 1.82) is 0 Å². The lowest BCUT2D eigenvalue weighted by atomic mass is 10.1. The summed E-state index contributed by atoms with van der Waals surface area (Å²) in [5.41, 5.74) is 3.41. The van der Waals surface area contributed by atoms with Crippen molar-refractivity contribution < 1.29 is 17.9 Å². The average Bonchev–Trinajstić information content (AvgIpc) is 2.64. The van der Waals surface area contributed by atoms with E-state index in [2.05, 4.69) is 5.32 Å². The Morgan fingerprint density at radius 2 is 1.69 bits per heavy atom. The SMILES string of the molecule is CCOc1ccc(C(C)NC(=O)C(C)N(c2ccc(C)c(C)c2)S(C)(=O)=O)cc1. The molecule has 0 saturated heterocycles. The molecule has 0 fully saturated rings. The lowest BCUT2D eigenvalue weighted by molar-refractivity contribution is -0.122. The minimum absolute atomic E-state index is 0.276. The van der Waals surface area contributed by atoms with Gasteiger partial charge in [-0.3, -0.25) is 9.10 Å². The topological polar surface area (TPSA) is 75.7 Å². The molecule has 0 saturated carbocycles. The van der Waals surface area contributed by atoms with Crippen molar-refractivity contribution in [3.8, 4) is 5.75 Å². The molecule has 0 aliphatic heterocycles. The molecular formula is C22H30N2O4S. The summed E-state index contributed by atoms with van der Waals surface area (Å²) in [6.45, 7) is 9.83. The molecule has 1 N–H and O–H groups in total. The maximum atomic E-state index is 12.9. The molecule has 29 heavy (non-hydrogen) atoms. The maximum Gasteiger partial charge on any atom is 0.244 e. The molecule has 0 bridgehead atoms. The van der Waals surface area contributed by atoms with Crippen molar-refractivity contribution in [2.45, 2.75) is 46.7 Å². The van der Waals surface area contributed by atoms with Crippen LogP contribution in [0.3, 0.4) is 0 Å². The first-order valence-corrected chi connectivity index (χ1v) is 11.5. The number of rotatable bonds is 8. The Hall–Kier alpha value is -2.54. The number of sulfonamides is 1. The van der Waals surface area contributed by atoms with Gasteiger partial charge in [0.25, 0.3) is 0 Å². The highest BCUT2D eigenvalue weighted by atomic mass is 32.2. The van der Waals surface area contributed by atoms with Crippen LogP contribution in [0.2, 0.25) is 0 Å². The molecule has 2 aromatic rings. The molecule has 6 nitrogen and oxygen atoms in total. The molecule has 0 aliphatic carbocycles. The maximum absolute atomic E-state index is 12.9. The molecule has 0 spiro atoms. The van der Waals surface area contributed by atoms with Gasteiger partial charge in [0.2, 0.25) is 15.9 Å². The number of benzene rings is 2. The van der Waals surface area contributed by atoms with Crippen LogP contribution in [0, 0.1) is 13.8 Å². The Bertz CT molecular complexity index is 955. The van der Waals surface area contributed by atoms with Gasteiger partial charge in [0.1, 0.15) is 11.8 Å². The molecule has 0 aromatic heterocycles. The monoisotopic (exact) mass is 418 g/mol. The van der Waals surface area contributed by atoms with E-state index in [1.165, 1.54) is 4.31 Å². The van der Waals surface area contributed by atoms with E-state index in [0.29, 0.717) is 12.3 Å². The number of amides is 1. The summed E-state index contributed by atoms with van der Waals surface area (Å²) >= 11 is 0. The van der Waals surface area contributed by atoms with Crippen LogP contribution in [-0.2, 0) is 14.8 Å². The van der Waals surface area contributed by atoms with Crippen molar-refractivity contribution in [2.24, 2.45) is 0 Å². The lowest BCUT2D eigenvalue weighted by Crippen LogP contribution is -2.48. The molecule has 1 amide bonds. The highest BCUT2D eigenvalue weighted by Gasteiger charge is 2.30. The van der Waals surface area contributed by atoms with Crippen LogP contribution in [0.4, 0.5) is 5.69 Å². The summed E-state index contributed by atoms with van der Waals surface area (Å²) in [7, 11) is -3.65. The molecule has 2 unspecified atom stereocenters. The molecule has 7 heteroatoms. The first-order chi connectivity index (χ1) is 13.5. The Kier molecular flexibility index (Phi) is 7.30. The van der Waals surface area contributed by atoms with Gasteiger partial charge in [0.05, 0.1) is 24.6 Å². The third kappa shape index (κ3) is 5.73. The van der Waals surface area contributed by atoms with Crippen LogP contribution in [0.25, 0.3) is 0 Å². The van der Waals surface area contributed by atoms with Crippen LogP contribution < -0.4 is 14.4 Å². The zero-order chi connectivity index (χ0) is 21.8. The smallest absolute Gasteiger partial charge is 0.244 e. The van der Waals surface area contributed by atoms with Crippen LogP contribution in [-0.4, -0.2) is 33.2 Å². The highest BCUT2D eigenvalue weighted by Crippen LogP contribution is 2.24. The minimum atomic E-state index is -3.65. The van der Waals surface area contributed by atoms with Crippen molar-refractivity contribution in [2.75, 3.05) is 17.2 Å². The van der Waals surface area contributed by atoms with Gasteiger partial charge in [0.15, 0.2) is 0 Å². The number of anilines is 1. The summed E-state index contributed by atoms with van der Waals surface area (Å²) in [5, 5.41) is 2.91. The molecule has 0 radical (unpaired) electrons. The minimum Gasteiger partial charge on any atom is -0.494 e. The van der Waals surface area contributed by atoms with Gasteiger partial charge in [-0.05, 0) is 75.6 Å². The standard InChI is InChI=1S/C22H30N2O4S/c1-7-28-21-12-9-19(10-13-21)17(4)23-22(25)18(5)24(29(6,26)27)20-11-8-15(2)16(3)14-20/h8-14,17-18H,7H2,1-6H3,(H,23,25). The zero-order valence-electron chi connectivity index (χ0n) is 17.9. The molecule has 2 aromatic carbocycles. The predicted octanol–water partition coefficient (Wildman–Crippen LogP) is 3.73. The van der Waals surface area contributed by atoms with Crippen molar-refractivity contribution in [3.63, 3.8) is 0 Å². The molecule has 0 heterocycles. The number of carbonyl (C=O) groups is 1. The quantitative estimate of drug-likeness (QED) is 0.709. The van der Waals surface area contributed by atoms with E-state index >= 15 is 0 Å². The second-order valence-electron chi connectivity index (χ2n) is 7.24. The molecule has 2 rings (SSSR count). The average molecular weight is 419 g/mol. The summed E-state index contributed by atoms with van der Waals surface area (Å²) in [5.74, 6) is 0.399. The van der Waals surface area contributed by atoms with E-state index in [1.54, 1.807) is 19.1 Å². The van der Waals surface area contributed by atoms with Gasteiger partial charge in [-0.25, -0.2) is 8.42 Å². The first-order valence-electron chi connectivity index (χ1n) is 9.64. The Morgan fingerprint density at radius 1 is 1.07 bits per heavy atom. The second kappa shape index (κ2) is 9.31. The summed E-state index contributed by atoms with van der Waals surface area (Å²) in [6.07, 6.45) is 1.11. The van der Waals surface area contributed by atoms with Crippen molar-refractivity contribution >= 4 is 21.6 Å². The number of nitrogens with zero attached hydrogens (tertiary/aromatic N) is 1. The van der Waals surface area contributed by atoms with Crippen LogP contribution in [0.15, 0.2) is 42.5 Å². The fourth-order valence-electron chi connectivity index (χ4n) is 3.11. The zero-order valence-corrected chi connectivity index (χ0v) is 18.7. The number of carbonyl (C=O) groups excluding carboxylic acids is 1. The van der Waals surface area contributed by atoms with Crippen LogP contribution in [0.1, 0.15) is 43.5 Å².